The Bertz CT molecular complexity index is 1430. The number of rotatable bonds is 10. The van der Waals surface area contributed by atoms with Crippen molar-refractivity contribution in [3.8, 4) is 11.1 Å². The van der Waals surface area contributed by atoms with Gasteiger partial charge in [-0.2, -0.15) is 9.35 Å². The average molecular weight is 529 g/mol. The molecule has 0 unspecified atom stereocenters. The molecule has 0 aliphatic heterocycles. The van der Waals surface area contributed by atoms with Crippen LogP contribution in [0.1, 0.15) is 28.4 Å². The summed E-state index contributed by atoms with van der Waals surface area (Å²) in [7, 11) is 4.60. The van der Waals surface area contributed by atoms with Crippen LogP contribution in [0.25, 0.3) is 11.1 Å². The number of carboxylic acid groups (broad SMARTS) is 1. The number of amides is 1. The van der Waals surface area contributed by atoms with E-state index in [0.29, 0.717) is 23.1 Å². The van der Waals surface area contributed by atoms with Crippen LogP contribution in [-0.2, 0) is 17.6 Å². The van der Waals surface area contributed by atoms with E-state index >= 15 is 0 Å². The third-order valence-electron chi connectivity index (χ3n) is 5.94. The number of carboxylic acids is 1. The van der Waals surface area contributed by atoms with Gasteiger partial charge < -0.3 is 26.6 Å². The van der Waals surface area contributed by atoms with Crippen molar-refractivity contribution < 1.29 is 14.7 Å². The molecule has 0 aliphatic rings. The zero-order chi connectivity index (χ0) is 27.3. The summed E-state index contributed by atoms with van der Waals surface area (Å²) in [5.41, 5.74) is 6.49. The molecule has 0 spiro atoms. The van der Waals surface area contributed by atoms with Crippen molar-refractivity contribution in [1.82, 2.24) is 14.7 Å². The number of aromatic nitrogens is 2. The van der Waals surface area contributed by atoms with Gasteiger partial charge in [0.1, 0.15) is 11.9 Å². The van der Waals surface area contributed by atoms with Crippen LogP contribution in [0.3, 0.4) is 0 Å². The highest BCUT2D eigenvalue weighted by atomic mass is 35.5. The van der Waals surface area contributed by atoms with Crippen LogP contribution in [0, 0.1) is 0 Å². The smallest absolute Gasteiger partial charge is 0.370 e. The average Bonchev–Trinajstić information content (AvgIpc) is 2.88. The highest BCUT2D eigenvalue weighted by Gasteiger charge is 2.24. The van der Waals surface area contributed by atoms with Gasteiger partial charge in [-0.3, -0.25) is 9.59 Å². The Morgan fingerprint density at radius 3 is 2.19 bits per heavy atom. The van der Waals surface area contributed by atoms with Crippen LogP contribution >= 0.6 is 11.6 Å². The molecule has 1 amide bonds. The quantitative estimate of drug-likeness (QED) is 0.267. The van der Waals surface area contributed by atoms with E-state index in [1.165, 1.54) is 11.7 Å². The first-order valence-electron chi connectivity index (χ1n) is 11.5. The van der Waals surface area contributed by atoms with Crippen molar-refractivity contribution in [2.75, 3.05) is 37.3 Å². The van der Waals surface area contributed by atoms with Crippen molar-refractivity contribution in [1.29, 1.82) is 0 Å². The summed E-state index contributed by atoms with van der Waals surface area (Å²) in [6, 6.07) is 10.5. The van der Waals surface area contributed by atoms with Crippen LogP contribution in [0.4, 0.5) is 5.82 Å². The van der Waals surface area contributed by atoms with Gasteiger partial charge in [0.05, 0.1) is 16.1 Å². The molecule has 3 rings (SSSR count). The van der Waals surface area contributed by atoms with Crippen LogP contribution in [-0.4, -0.2) is 53.5 Å². The molecule has 0 aliphatic carbocycles. The molecule has 0 radical (unpaired) electrons. The zero-order valence-corrected chi connectivity index (χ0v) is 21.6. The predicted octanol–water partition coefficient (Wildman–Crippen LogP) is 1.71. The molecule has 0 saturated heterocycles. The predicted molar refractivity (Wildman–Crippen MR) is 144 cm³/mol. The van der Waals surface area contributed by atoms with Gasteiger partial charge in [0, 0.05) is 27.6 Å². The lowest BCUT2D eigenvalue weighted by molar-refractivity contribution is -0.139. The number of halogens is 1. The summed E-state index contributed by atoms with van der Waals surface area (Å²) in [6.07, 6.45) is 0.566. The lowest BCUT2D eigenvalue weighted by Crippen LogP contribution is -2.47. The second kappa shape index (κ2) is 11.7. The van der Waals surface area contributed by atoms with Gasteiger partial charge in [-0.1, -0.05) is 54.9 Å². The molecule has 1 aromatic heterocycles. The number of aliphatic carboxylic acids is 1. The van der Waals surface area contributed by atoms with E-state index in [1.54, 1.807) is 56.6 Å². The molecule has 37 heavy (non-hydrogen) atoms. The third kappa shape index (κ3) is 5.46. The summed E-state index contributed by atoms with van der Waals surface area (Å²) in [5.74, 6) is -1.50. The van der Waals surface area contributed by atoms with Gasteiger partial charge in [-0.05, 0) is 29.2 Å². The lowest BCUT2D eigenvalue weighted by atomic mass is 10.00. The highest BCUT2D eigenvalue weighted by Crippen LogP contribution is 2.24. The Morgan fingerprint density at radius 2 is 1.65 bits per heavy atom. The minimum Gasteiger partial charge on any atom is -0.480 e. The van der Waals surface area contributed by atoms with Crippen LogP contribution in [0.15, 0.2) is 52.1 Å². The number of nitrogens with one attached hydrogen (secondary N) is 4. The van der Waals surface area contributed by atoms with Gasteiger partial charge in [-0.25, -0.2) is 9.59 Å². The molecule has 0 saturated carbocycles. The molecular weight excluding hydrogens is 500 g/mol. The number of carbonyl (C=O) groups excluding carboxylic acids is 1. The van der Waals surface area contributed by atoms with Crippen LogP contribution in [0.2, 0.25) is 5.02 Å². The van der Waals surface area contributed by atoms with Gasteiger partial charge in [0.15, 0.2) is 0 Å². The van der Waals surface area contributed by atoms with Gasteiger partial charge in [0.2, 0.25) is 0 Å². The maximum atomic E-state index is 13.0. The Hall–Kier alpha value is -4.25. The summed E-state index contributed by atoms with van der Waals surface area (Å²) in [4.78, 5) is 50.5. The van der Waals surface area contributed by atoms with E-state index in [0.717, 1.165) is 4.68 Å². The second-order valence-electron chi connectivity index (χ2n) is 8.07. The first kappa shape index (κ1) is 27.3. The van der Waals surface area contributed by atoms with E-state index in [1.807, 2.05) is 6.92 Å². The molecule has 12 heteroatoms. The van der Waals surface area contributed by atoms with Crippen molar-refractivity contribution in [3.63, 3.8) is 0 Å². The standard InChI is InChI=1S/C25H29ClN6O5/c1-5-15-7-6-8-17(26)19(15)22(33)30-18(24(35)36)13-14-9-11-16(12-10-14)20-21(27-2)31(28-3)25(37)32(29-4)23(20)34/h6-12,18,27-29H,5,13H2,1-4H3,(H,30,33)(H,35,36)/t18-/m0/s1. The van der Waals surface area contributed by atoms with Crippen molar-refractivity contribution in [2.24, 2.45) is 0 Å². The van der Waals surface area contributed by atoms with E-state index in [4.69, 9.17) is 11.6 Å². The maximum Gasteiger partial charge on any atom is 0.370 e. The Labute approximate surface area is 218 Å². The van der Waals surface area contributed by atoms with E-state index in [2.05, 4.69) is 21.5 Å². The number of anilines is 1. The van der Waals surface area contributed by atoms with Crippen molar-refractivity contribution >= 4 is 29.3 Å². The summed E-state index contributed by atoms with van der Waals surface area (Å²) >= 11 is 6.22. The molecule has 1 atom stereocenters. The fourth-order valence-corrected chi connectivity index (χ4v) is 4.38. The topological polar surface area (TPSA) is 146 Å². The van der Waals surface area contributed by atoms with Crippen LogP contribution < -0.4 is 32.7 Å². The molecular formula is C25H29ClN6O5. The van der Waals surface area contributed by atoms with Gasteiger partial charge in [0.25, 0.3) is 11.5 Å². The summed E-state index contributed by atoms with van der Waals surface area (Å²) in [5, 5.41) is 15.5. The Balaban J connectivity index is 1.93. The number of benzene rings is 2. The highest BCUT2D eigenvalue weighted by molar-refractivity contribution is 6.34. The molecule has 196 valence electrons. The maximum absolute atomic E-state index is 13.0. The number of carbonyl (C=O) groups is 2. The minimum atomic E-state index is -1.21. The lowest BCUT2D eigenvalue weighted by Gasteiger charge is -2.19. The largest absolute Gasteiger partial charge is 0.480 e. The molecule has 0 bridgehead atoms. The van der Waals surface area contributed by atoms with E-state index in [9.17, 15) is 24.3 Å². The molecule has 0 fully saturated rings. The number of aryl methyl sites for hydroxylation is 1. The van der Waals surface area contributed by atoms with Gasteiger partial charge >= 0.3 is 11.7 Å². The molecule has 5 N–H and O–H groups in total. The molecule has 3 aromatic rings. The number of hydrogen-bond acceptors (Lipinski definition) is 7. The summed E-state index contributed by atoms with van der Waals surface area (Å²) < 4.78 is 2.06. The number of hydrogen-bond donors (Lipinski definition) is 5. The van der Waals surface area contributed by atoms with Crippen molar-refractivity contribution in [2.45, 2.75) is 25.8 Å². The zero-order valence-electron chi connectivity index (χ0n) is 20.9. The first-order valence-corrected chi connectivity index (χ1v) is 11.9. The third-order valence-corrected chi connectivity index (χ3v) is 6.25. The Kier molecular flexibility index (Phi) is 8.61. The van der Waals surface area contributed by atoms with E-state index in [-0.39, 0.29) is 28.4 Å². The van der Waals surface area contributed by atoms with Crippen molar-refractivity contribution in [3.05, 3.63) is 85.0 Å². The normalized spacial score (nSPS) is 11.5. The molecule has 1 heterocycles. The first-order chi connectivity index (χ1) is 17.7. The fourth-order valence-electron chi connectivity index (χ4n) is 4.10. The monoisotopic (exact) mass is 528 g/mol. The number of nitrogens with zero attached hydrogens (tertiary/aromatic N) is 2. The van der Waals surface area contributed by atoms with Gasteiger partial charge in [-0.15, -0.1) is 0 Å². The fraction of sp³-hybridized carbons (Fsp3) is 0.280. The minimum absolute atomic E-state index is 0.00289. The molecule has 2 aromatic carbocycles. The summed E-state index contributed by atoms with van der Waals surface area (Å²) in [6.45, 7) is 1.88. The molecule has 11 nitrogen and oxygen atoms in total. The van der Waals surface area contributed by atoms with E-state index < -0.39 is 29.2 Å². The Morgan fingerprint density at radius 1 is 1.00 bits per heavy atom. The second-order valence-corrected chi connectivity index (χ2v) is 8.48. The van der Waals surface area contributed by atoms with Crippen LogP contribution in [0.5, 0.6) is 0 Å². The SMILES string of the molecule is CCc1cccc(Cl)c1C(=O)N[C@@H](Cc1ccc(-c2c(NC)n(NC)c(=O)n(NC)c2=O)cc1)C(=O)O.